The highest BCUT2D eigenvalue weighted by atomic mass is 32.2. The van der Waals surface area contributed by atoms with E-state index >= 15 is 0 Å². The SMILES string of the molecule is CC(NS(=O)(=O)c1ccc(NC(=O)[C@H]2CCN(C(=O)OC(C)(C)C)C2)nc1)c1ccccc1. The van der Waals surface area contributed by atoms with Crippen LogP contribution in [-0.4, -0.2) is 49.0 Å². The smallest absolute Gasteiger partial charge is 0.410 e. The van der Waals surface area contributed by atoms with Gasteiger partial charge in [0.25, 0.3) is 0 Å². The molecule has 1 aliphatic rings. The summed E-state index contributed by atoms with van der Waals surface area (Å²) in [6.07, 6.45) is 1.28. The summed E-state index contributed by atoms with van der Waals surface area (Å²) in [5.74, 6) is -0.429. The van der Waals surface area contributed by atoms with Gasteiger partial charge in [-0.3, -0.25) is 4.79 Å². The molecule has 9 nitrogen and oxygen atoms in total. The number of nitrogens with one attached hydrogen (secondary N) is 2. The molecule has 2 atom stereocenters. The maximum absolute atomic E-state index is 12.7. The van der Waals surface area contributed by atoms with Crippen molar-refractivity contribution < 1.29 is 22.7 Å². The second-order valence-corrected chi connectivity index (χ2v) is 10.7. The Hall–Kier alpha value is -2.98. The first-order valence-corrected chi connectivity index (χ1v) is 12.2. The minimum Gasteiger partial charge on any atom is -0.444 e. The molecule has 0 bridgehead atoms. The first-order valence-electron chi connectivity index (χ1n) is 10.8. The van der Waals surface area contributed by atoms with Crippen LogP contribution in [0.4, 0.5) is 10.6 Å². The number of likely N-dealkylation sites (tertiary alicyclic amines) is 1. The lowest BCUT2D eigenvalue weighted by molar-refractivity contribution is -0.119. The summed E-state index contributed by atoms with van der Waals surface area (Å²) in [5.41, 5.74) is 0.242. The van der Waals surface area contributed by atoms with Gasteiger partial charge in [-0.05, 0) is 51.8 Å². The van der Waals surface area contributed by atoms with Crippen molar-refractivity contribution in [1.29, 1.82) is 0 Å². The first kappa shape index (κ1) is 24.7. The number of carbonyl (C=O) groups is 2. The van der Waals surface area contributed by atoms with Crippen LogP contribution in [0.1, 0.15) is 45.7 Å². The van der Waals surface area contributed by atoms with Gasteiger partial charge in [-0.15, -0.1) is 0 Å². The molecule has 10 heteroatoms. The monoisotopic (exact) mass is 474 g/mol. The third-order valence-electron chi connectivity index (χ3n) is 5.14. The molecule has 0 saturated carbocycles. The molecular weight excluding hydrogens is 444 g/mol. The van der Waals surface area contributed by atoms with Crippen LogP contribution in [0.3, 0.4) is 0 Å². The van der Waals surface area contributed by atoms with Crippen molar-refractivity contribution in [3.8, 4) is 0 Å². The first-order chi connectivity index (χ1) is 15.4. The van der Waals surface area contributed by atoms with E-state index in [9.17, 15) is 18.0 Å². The lowest BCUT2D eigenvalue weighted by atomic mass is 10.1. The fraction of sp³-hybridized carbons (Fsp3) is 0.435. The van der Waals surface area contributed by atoms with E-state index in [2.05, 4.69) is 15.0 Å². The second-order valence-electron chi connectivity index (χ2n) is 9.03. The molecule has 1 aromatic carbocycles. The van der Waals surface area contributed by atoms with Gasteiger partial charge in [-0.25, -0.2) is 22.9 Å². The second kappa shape index (κ2) is 9.88. The van der Waals surface area contributed by atoms with Gasteiger partial charge in [0.2, 0.25) is 15.9 Å². The van der Waals surface area contributed by atoms with Crippen molar-refractivity contribution in [2.24, 2.45) is 5.92 Å². The van der Waals surface area contributed by atoms with Gasteiger partial charge in [0.05, 0.1) is 5.92 Å². The standard InChI is InChI=1S/C23H30N4O5S/c1-16(17-8-6-5-7-9-17)26-33(30,31)19-10-11-20(24-14-19)25-21(28)18-12-13-27(15-18)22(29)32-23(2,3)4/h5-11,14,16,18,26H,12-13,15H2,1-4H3,(H,24,25,28)/t16?,18-/m0/s1. The Morgan fingerprint density at radius 1 is 1.15 bits per heavy atom. The number of hydrogen-bond acceptors (Lipinski definition) is 6. The minimum atomic E-state index is -3.78. The number of ether oxygens (including phenoxy) is 1. The molecule has 33 heavy (non-hydrogen) atoms. The number of benzene rings is 1. The van der Waals surface area contributed by atoms with Crippen molar-refractivity contribution in [3.05, 3.63) is 54.2 Å². The normalized spacial score (nSPS) is 17.5. The molecule has 2 N–H and O–H groups in total. The van der Waals surface area contributed by atoms with Gasteiger partial charge in [0, 0.05) is 25.3 Å². The molecule has 1 aromatic heterocycles. The number of carbonyl (C=O) groups excluding carboxylic acids is 2. The zero-order valence-electron chi connectivity index (χ0n) is 19.2. The fourth-order valence-corrected chi connectivity index (χ4v) is 4.59. The minimum absolute atomic E-state index is 0.000229. The summed E-state index contributed by atoms with van der Waals surface area (Å²) in [7, 11) is -3.78. The highest BCUT2D eigenvalue weighted by Crippen LogP contribution is 2.22. The van der Waals surface area contributed by atoms with Crippen molar-refractivity contribution in [3.63, 3.8) is 0 Å². The van der Waals surface area contributed by atoms with E-state index in [0.29, 0.717) is 13.0 Å². The average molecular weight is 475 g/mol. The topological polar surface area (TPSA) is 118 Å². The van der Waals surface area contributed by atoms with Crippen molar-refractivity contribution in [1.82, 2.24) is 14.6 Å². The Bertz CT molecular complexity index is 1080. The van der Waals surface area contributed by atoms with Crippen LogP contribution in [0.5, 0.6) is 0 Å². The number of rotatable bonds is 6. The van der Waals surface area contributed by atoms with Gasteiger partial charge in [-0.2, -0.15) is 0 Å². The molecular formula is C23H30N4O5S. The zero-order valence-corrected chi connectivity index (χ0v) is 20.1. The lowest BCUT2D eigenvalue weighted by Gasteiger charge is -2.24. The number of amides is 2. The number of anilines is 1. The van der Waals surface area contributed by atoms with Crippen molar-refractivity contribution >= 4 is 27.8 Å². The Balaban J connectivity index is 1.57. The van der Waals surface area contributed by atoms with E-state index in [1.165, 1.54) is 23.2 Å². The maximum atomic E-state index is 12.7. The van der Waals surface area contributed by atoms with Crippen LogP contribution in [0.15, 0.2) is 53.6 Å². The summed E-state index contributed by atoms with van der Waals surface area (Å²) in [4.78, 5) is 30.4. The summed E-state index contributed by atoms with van der Waals surface area (Å²) in [6, 6.07) is 11.7. The number of aromatic nitrogens is 1. The summed E-state index contributed by atoms with van der Waals surface area (Å²) in [6.45, 7) is 7.82. The number of nitrogens with zero attached hydrogens (tertiary/aromatic N) is 2. The van der Waals surface area contributed by atoms with Crippen LogP contribution in [0.25, 0.3) is 0 Å². The van der Waals surface area contributed by atoms with E-state index in [1.807, 2.05) is 30.3 Å². The number of sulfonamides is 1. The van der Waals surface area contributed by atoms with Gasteiger partial charge in [0.1, 0.15) is 16.3 Å². The number of pyridine rings is 1. The molecule has 0 spiro atoms. The Kier molecular flexibility index (Phi) is 7.38. The fourth-order valence-electron chi connectivity index (χ4n) is 3.42. The van der Waals surface area contributed by atoms with Crippen LogP contribution >= 0.6 is 0 Å². The zero-order chi connectivity index (χ0) is 24.2. The van der Waals surface area contributed by atoms with Crippen molar-refractivity contribution in [2.75, 3.05) is 18.4 Å². The van der Waals surface area contributed by atoms with Gasteiger partial charge in [0.15, 0.2) is 0 Å². The molecule has 2 heterocycles. The predicted molar refractivity (Wildman–Crippen MR) is 124 cm³/mol. The summed E-state index contributed by atoms with van der Waals surface area (Å²) in [5, 5.41) is 2.69. The average Bonchev–Trinajstić information content (AvgIpc) is 3.24. The molecule has 2 amide bonds. The molecule has 178 valence electrons. The highest BCUT2D eigenvalue weighted by molar-refractivity contribution is 7.89. The van der Waals surface area contributed by atoms with E-state index in [-0.39, 0.29) is 23.2 Å². The molecule has 2 aromatic rings. The van der Waals surface area contributed by atoms with E-state index in [4.69, 9.17) is 4.74 Å². The third-order valence-corrected chi connectivity index (χ3v) is 6.67. The van der Waals surface area contributed by atoms with Crippen LogP contribution in [0, 0.1) is 5.92 Å². The molecule has 1 unspecified atom stereocenters. The molecule has 1 saturated heterocycles. The van der Waals surface area contributed by atoms with E-state index in [0.717, 1.165) is 5.56 Å². The summed E-state index contributed by atoms with van der Waals surface area (Å²) >= 11 is 0. The summed E-state index contributed by atoms with van der Waals surface area (Å²) < 4.78 is 33.3. The molecule has 1 fully saturated rings. The van der Waals surface area contributed by atoms with Crippen LogP contribution in [-0.2, 0) is 19.6 Å². The molecule has 0 radical (unpaired) electrons. The largest absolute Gasteiger partial charge is 0.444 e. The van der Waals surface area contributed by atoms with Gasteiger partial charge >= 0.3 is 6.09 Å². The van der Waals surface area contributed by atoms with Gasteiger partial charge < -0.3 is 15.0 Å². The Morgan fingerprint density at radius 2 is 1.85 bits per heavy atom. The maximum Gasteiger partial charge on any atom is 0.410 e. The molecule has 3 rings (SSSR count). The molecule has 0 aliphatic carbocycles. The quantitative estimate of drug-likeness (QED) is 0.663. The number of hydrogen-bond donors (Lipinski definition) is 2. The molecule has 1 aliphatic heterocycles. The van der Waals surface area contributed by atoms with Gasteiger partial charge in [-0.1, -0.05) is 30.3 Å². The Labute approximate surface area is 194 Å². The van der Waals surface area contributed by atoms with Crippen LogP contribution in [0.2, 0.25) is 0 Å². The van der Waals surface area contributed by atoms with E-state index < -0.39 is 33.7 Å². The lowest BCUT2D eigenvalue weighted by Crippen LogP contribution is -2.36. The highest BCUT2D eigenvalue weighted by Gasteiger charge is 2.33. The van der Waals surface area contributed by atoms with Crippen LogP contribution < -0.4 is 10.0 Å². The van der Waals surface area contributed by atoms with E-state index in [1.54, 1.807) is 27.7 Å². The predicted octanol–water partition coefficient (Wildman–Crippen LogP) is 3.32. The third kappa shape index (κ3) is 6.75. The Morgan fingerprint density at radius 3 is 2.45 bits per heavy atom. The van der Waals surface area contributed by atoms with Crippen molar-refractivity contribution in [2.45, 2.75) is 50.7 Å².